The average Bonchev–Trinajstić information content (AvgIpc) is 2.56. The number of hydrogen-bond donors (Lipinski definition) is 1. The maximum Gasteiger partial charge on any atom is 0.276 e. The van der Waals surface area contributed by atoms with Crippen molar-refractivity contribution in [3.8, 4) is 5.75 Å². The molecule has 1 amide bonds. The van der Waals surface area contributed by atoms with E-state index in [4.69, 9.17) is 16.3 Å². The van der Waals surface area contributed by atoms with Crippen LogP contribution in [0.4, 0.5) is 11.4 Å². The lowest BCUT2D eigenvalue weighted by molar-refractivity contribution is -0.385. The molecule has 0 aromatic heterocycles. The molecule has 7 heteroatoms. The fraction of sp³-hybridized carbons (Fsp3) is 0.118. The summed E-state index contributed by atoms with van der Waals surface area (Å²) >= 11 is 6.02. The lowest BCUT2D eigenvalue weighted by atomic mass is 10.1. The number of methoxy groups -OCH3 is 1. The number of rotatable bonds is 5. The standard InChI is InChI=1S/C17H15ClN2O4/c1-11-9-14(16(24-2)10-13(11)18)19-17(21)8-7-12-5-3-4-6-15(12)20(22)23/h3-10H,1-2H3,(H,19,21). The third-order valence-corrected chi connectivity index (χ3v) is 3.69. The molecule has 0 aliphatic rings. The Morgan fingerprint density at radius 3 is 2.71 bits per heavy atom. The molecule has 0 fully saturated rings. The Morgan fingerprint density at radius 2 is 2.04 bits per heavy atom. The number of ether oxygens (including phenoxy) is 1. The van der Waals surface area contributed by atoms with Gasteiger partial charge in [-0.25, -0.2) is 0 Å². The summed E-state index contributed by atoms with van der Waals surface area (Å²) in [5.41, 5.74) is 1.53. The van der Waals surface area contributed by atoms with E-state index in [-0.39, 0.29) is 5.69 Å². The second kappa shape index (κ2) is 7.61. The summed E-state index contributed by atoms with van der Waals surface area (Å²) in [5.74, 6) is -0.00813. The summed E-state index contributed by atoms with van der Waals surface area (Å²) in [5, 5.41) is 14.1. The maximum absolute atomic E-state index is 12.1. The van der Waals surface area contributed by atoms with Crippen LogP contribution in [0.3, 0.4) is 0 Å². The number of benzene rings is 2. The Kier molecular flexibility index (Phi) is 5.55. The molecule has 0 unspecified atom stereocenters. The van der Waals surface area contributed by atoms with Gasteiger partial charge in [0.15, 0.2) is 0 Å². The lowest BCUT2D eigenvalue weighted by Crippen LogP contribution is -2.09. The summed E-state index contributed by atoms with van der Waals surface area (Å²) in [4.78, 5) is 22.5. The van der Waals surface area contributed by atoms with Gasteiger partial charge in [0.05, 0.1) is 23.3 Å². The zero-order chi connectivity index (χ0) is 17.7. The van der Waals surface area contributed by atoms with E-state index in [0.29, 0.717) is 22.0 Å². The van der Waals surface area contributed by atoms with Crippen LogP contribution in [0.25, 0.3) is 6.08 Å². The third kappa shape index (κ3) is 4.11. The van der Waals surface area contributed by atoms with Crippen LogP contribution in [0.5, 0.6) is 5.75 Å². The lowest BCUT2D eigenvalue weighted by Gasteiger charge is -2.11. The highest BCUT2D eigenvalue weighted by atomic mass is 35.5. The zero-order valence-corrected chi connectivity index (χ0v) is 13.8. The first kappa shape index (κ1) is 17.5. The number of anilines is 1. The van der Waals surface area contributed by atoms with Gasteiger partial charge >= 0.3 is 0 Å². The number of para-hydroxylation sites is 1. The predicted octanol–water partition coefficient (Wildman–Crippen LogP) is 4.22. The van der Waals surface area contributed by atoms with E-state index in [9.17, 15) is 14.9 Å². The van der Waals surface area contributed by atoms with Crippen molar-refractivity contribution in [3.63, 3.8) is 0 Å². The van der Waals surface area contributed by atoms with Gasteiger partial charge in [-0.3, -0.25) is 14.9 Å². The van der Waals surface area contributed by atoms with E-state index in [1.807, 2.05) is 0 Å². The number of nitrogens with one attached hydrogen (secondary N) is 1. The van der Waals surface area contributed by atoms with Gasteiger partial charge in [-0.05, 0) is 30.7 Å². The van der Waals surface area contributed by atoms with E-state index >= 15 is 0 Å². The second-order valence-electron chi connectivity index (χ2n) is 4.94. The van der Waals surface area contributed by atoms with Gasteiger partial charge in [0.2, 0.25) is 5.91 Å². The van der Waals surface area contributed by atoms with E-state index < -0.39 is 10.8 Å². The Bertz CT molecular complexity index is 818. The van der Waals surface area contributed by atoms with Crippen molar-refractivity contribution >= 4 is 35.0 Å². The van der Waals surface area contributed by atoms with E-state index in [2.05, 4.69) is 5.32 Å². The number of hydrogen-bond acceptors (Lipinski definition) is 4. The van der Waals surface area contributed by atoms with Crippen molar-refractivity contribution in [1.82, 2.24) is 0 Å². The summed E-state index contributed by atoms with van der Waals surface area (Å²) < 4.78 is 5.18. The minimum absolute atomic E-state index is 0.0681. The molecule has 0 aliphatic heterocycles. The zero-order valence-electron chi connectivity index (χ0n) is 13.1. The Labute approximate surface area is 143 Å². The van der Waals surface area contributed by atoms with Crippen LogP contribution >= 0.6 is 11.6 Å². The highest BCUT2D eigenvalue weighted by molar-refractivity contribution is 6.31. The van der Waals surface area contributed by atoms with Crippen molar-refractivity contribution in [2.24, 2.45) is 0 Å². The normalized spacial score (nSPS) is 10.6. The molecule has 0 spiro atoms. The Hall–Kier alpha value is -2.86. The van der Waals surface area contributed by atoms with Gasteiger partial charge in [0.25, 0.3) is 5.69 Å². The first-order valence-electron chi connectivity index (χ1n) is 6.99. The molecule has 124 valence electrons. The third-order valence-electron chi connectivity index (χ3n) is 3.29. The topological polar surface area (TPSA) is 81.5 Å². The van der Waals surface area contributed by atoms with Crippen molar-refractivity contribution in [3.05, 3.63) is 68.7 Å². The van der Waals surface area contributed by atoms with Gasteiger partial charge in [-0.15, -0.1) is 0 Å². The molecule has 0 heterocycles. The summed E-state index contributed by atoms with van der Waals surface area (Å²) in [7, 11) is 1.47. The van der Waals surface area contributed by atoms with Gasteiger partial charge in [-0.2, -0.15) is 0 Å². The van der Waals surface area contributed by atoms with Crippen molar-refractivity contribution < 1.29 is 14.5 Å². The molecule has 2 aromatic rings. The smallest absolute Gasteiger partial charge is 0.276 e. The molecule has 0 atom stereocenters. The van der Waals surface area contributed by atoms with E-state index in [1.165, 1.54) is 25.3 Å². The Balaban J connectivity index is 2.20. The van der Waals surface area contributed by atoms with Gasteiger partial charge in [-0.1, -0.05) is 23.7 Å². The molecular weight excluding hydrogens is 332 g/mol. The summed E-state index contributed by atoms with van der Waals surface area (Å²) in [6.45, 7) is 1.81. The number of nitro groups is 1. The molecule has 24 heavy (non-hydrogen) atoms. The number of aryl methyl sites for hydroxylation is 1. The van der Waals surface area contributed by atoms with Crippen LogP contribution < -0.4 is 10.1 Å². The molecule has 1 N–H and O–H groups in total. The number of carbonyl (C=O) groups excluding carboxylic acids is 1. The number of nitrogens with zero attached hydrogens (tertiary/aromatic N) is 1. The highest BCUT2D eigenvalue weighted by Gasteiger charge is 2.11. The number of amides is 1. The van der Waals surface area contributed by atoms with Crippen molar-refractivity contribution in [1.29, 1.82) is 0 Å². The molecule has 0 saturated heterocycles. The number of halogens is 1. The summed E-state index contributed by atoms with van der Waals surface area (Å²) in [6, 6.07) is 9.47. The van der Waals surface area contributed by atoms with Gasteiger partial charge in [0, 0.05) is 23.2 Å². The van der Waals surface area contributed by atoms with Crippen LogP contribution in [0, 0.1) is 17.0 Å². The Morgan fingerprint density at radius 1 is 1.33 bits per heavy atom. The predicted molar refractivity (Wildman–Crippen MR) is 93.5 cm³/mol. The molecule has 2 rings (SSSR count). The molecule has 0 aliphatic carbocycles. The largest absolute Gasteiger partial charge is 0.495 e. The molecular formula is C17H15ClN2O4. The minimum atomic E-state index is -0.497. The quantitative estimate of drug-likeness (QED) is 0.499. The van der Waals surface area contributed by atoms with Crippen LogP contribution in [0.15, 0.2) is 42.5 Å². The SMILES string of the molecule is COc1cc(Cl)c(C)cc1NC(=O)C=Cc1ccccc1[N+](=O)[O-]. The van der Waals surface area contributed by atoms with Crippen LogP contribution in [-0.4, -0.2) is 17.9 Å². The summed E-state index contributed by atoms with van der Waals surface area (Å²) in [6.07, 6.45) is 2.62. The molecule has 6 nitrogen and oxygen atoms in total. The van der Waals surface area contributed by atoms with E-state index in [0.717, 1.165) is 5.56 Å². The number of carbonyl (C=O) groups is 1. The highest BCUT2D eigenvalue weighted by Crippen LogP contribution is 2.31. The fourth-order valence-electron chi connectivity index (χ4n) is 2.06. The second-order valence-corrected chi connectivity index (χ2v) is 5.35. The maximum atomic E-state index is 12.1. The monoisotopic (exact) mass is 346 g/mol. The molecule has 0 bridgehead atoms. The van der Waals surface area contributed by atoms with Gasteiger partial charge in [0.1, 0.15) is 5.75 Å². The van der Waals surface area contributed by atoms with Crippen molar-refractivity contribution in [2.45, 2.75) is 6.92 Å². The minimum Gasteiger partial charge on any atom is -0.495 e. The van der Waals surface area contributed by atoms with Crippen LogP contribution in [-0.2, 0) is 4.79 Å². The van der Waals surface area contributed by atoms with E-state index in [1.54, 1.807) is 37.3 Å². The van der Waals surface area contributed by atoms with Crippen LogP contribution in [0.2, 0.25) is 5.02 Å². The average molecular weight is 347 g/mol. The molecule has 0 saturated carbocycles. The molecule has 0 radical (unpaired) electrons. The molecule has 2 aromatic carbocycles. The van der Waals surface area contributed by atoms with Crippen molar-refractivity contribution in [2.75, 3.05) is 12.4 Å². The fourth-order valence-corrected chi connectivity index (χ4v) is 2.22. The first-order chi connectivity index (χ1) is 11.4. The van der Waals surface area contributed by atoms with Crippen LogP contribution in [0.1, 0.15) is 11.1 Å². The number of nitro benzene ring substituents is 1. The first-order valence-corrected chi connectivity index (χ1v) is 7.36. The van der Waals surface area contributed by atoms with Gasteiger partial charge < -0.3 is 10.1 Å².